The van der Waals surface area contributed by atoms with Gasteiger partial charge in [0.05, 0.1) is 17.1 Å². The predicted octanol–water partition coefficient (Wildman–Crippen LogP) is 6.40. The number of sulfonamides is 1. The second-order valence-electron chi connectivity index (χ2n) is 10.9. The van der Waals surface area contributed by atoms with E-state index in [4.69, 9.17) is 4.74 Å². The molecule has 0 unspecified atom stereocenters. The zero-order valence-electron chi connectivity index (χ0n) is 23.3. The molecule has 0 bridgehead atoms. The third kappa shape index (κ3) is 5.67. The van der Waals surface area contributed by atoms with Gasteiger partial charge in [-0.3, -0.25) is 4.90 Å². The molecule has 5 rings (SSSR count). The number of nitrogens with zero attached hydrogens (tertiary/aromatic N) is 2. The minimum atomic E-state index is -5.01. The zero-order valence-corrected chi connectivity index (χ0v) is 24.1. The minimum absolute atomic E-state index is 0.00997. The molecular formula is C31H34F4N2O3S. The Bertz CT molecular complexity index is 1510. The summed E-state index contributed by atoms with van der Waals surface area (Å²) in [4.78, 5) is 1.30. The largest absolute Gasteiger partial charge is 0.417 e. The summed E-state index contributed by atoms with van der Waals surface area (Å²) in [5, 5.41) is 0. The number of benzene rings is 3. The van der Waals surface area contributed by atoms with Crippen molar-refractivity contribution in [3.05, 3.63) is 88.7 Å². The van der Waals surface area contributed by atoms with Crippen molar-refractivity contribution in [3.8, 4) is 11.1 Å². The van der Waals surface area contributed by atoms with Gasteiger partial charge in [0.25, 0.3) is 0 Å². The van der Waals surface area contributed by atoms with Crippen molar-refractivity contribution in [1.82, 2.24) is 9.21 Å². The third-order valence-electron chi connectivity index (χ3n) is 8.56. The van der Waals surface area contributed by atoms with E-state index in [0.29, 0.717) is 19.4 Å². The van der Waals surface area contributed by atoms with Gasteiger partial charge < -0.3 is 4.74 Å². The van der Waals surface area contributed by atoms with Gasteiger partial charge in [-0.05, 0) is 79.3 Å². The van der Waals surface area contributed by atoms with Crippen LogP contribution in [0, 0.1) is 19.7 Å². The minimum Gasteiger partial charge on any atom is -0.383 e. The van der Waals surface area contributed by atoms with Crippen molar-refractivity contribution >= 4 is 10.0 Å². The Morgan fingerprint density at radius 1 is 0.976 bits per heavy atom. The van der Waals surface area contributed by atoms with Crippen LogP contribution in [0.2, 0.25) is 0 Å². The summed E-state index contributed by atoms with van der Waals surface area (Å²) in [6.07, 6.45) is -3.82. The van der Waals surface area contributed by atoms with Crippen LogP contribution in [0.1, 0.15) is 41.0 Å². The van der Waals surface area contributed by atoms with Gasteiger partial charge in [0, 0.05) is 38.2 Å². The molecule has 220 valence electrons. The Hall–Kier alpha value is -2.79. The summed E-state index contributed by atoms with van der Waals surface area (Å²) >= 11 is 0. The molecule has 0 spiro atoms. The lowest BCUT2D eigenvalue weighted by molar-refractivity contribution is -0.140. The molecule has 2 aliphatic heterocycles. The standard InChI is InChI=1S/C31H34F4N2O3S/c1-20-7-6-8-25(21(20)2)22-9-11-23(12-10-22)30-27-18-36(15-4-5-16-37(27)28(30)19-40-3)41(38,39)29-14-13-24(32)17-26(29)31(33,34)35/h6-14,17,27-28,30H,4-5,15-16,18-19H2,1-3H3/t27-,28+,30-/m0/s1. The first kappa shape index (κ1) is 29.7. The van der Waals surface area contributed by atoms with Gasteiger partial charge in [0.15, 0.2) is 0 Å². The van der Waals surface area contributed by atoms with Crippen molar-refractivity contribution in [2.24, 2.45) is 0 Å². The van der Waals surface area contributed by atoms with E-state index in [0.717, 1.165) is 39.7 Å². The van der Waals surface area contributed by atoms with Crippen LogP contribution in [0.3, 0.4) is 0 Å². The van der Waals surface area contributed by atoms with Gasteiger partial charge in [0.1, 0.15) is 5.82 Å². The fourth-order valence-corrected chi connectivity index (χ4v) is 8.00. The van der Waals surface area contributed by atoms with E-state index in [1.165, 1.54) is 11.1 Å². The summed E-state index contributed by atoms with van der Waals surface area (Å²) in [5.41, 5.74) is 4.16. The number of ether oxygens (including phenoxy) is 1. The number of rotatable bonds is 6. The van der Waals surface area contributed by atoms with Crippen LogP contribution in [0.4, 0.5) is 17.6 Å². The fraction of sp³-hybridized carbons (Fsp3) is 0.419. The van der Waals surface area contributed by atoms with Crippen LogP contribution >= 0.6 is 0 Å². The lowest BCUT2D eigenvalue weighted by Gasteiger charge is -2.57. The van der Waals surface area contributed by atoms with Crippen molar-refractivity contribution in [2.45, 2.75) is 55.8 Å². The van der Waals surface area contributed by atoms with Gasteiger partial charge in [-0.1, -0.05) is 42.5 Å². The molecule has 0 aliphatic carbocycles. The molecule has 0 aromatic heterocycles. The summed E-state index contributed by atoms with van der Waals surface area (Å²) in [6, 6.07) is 15.9. The molecule has 5 nitrogen and oxygen atoms in total. The van der Waals surface area contributed by atoms with Gasteiger partial charge in [0.2, 0.25) is 10.0 Å². The molecule has 3 aromatic carbocycles. The average molecular weight is 591 g/mol. The highest BCUT2D eigenvalue weighted by Crippen LogP contribution is 2.44. The van der Waals surface area contributed by atoms with Crippen LogP contribution in [0.5, 0.6) is 0 Å². The predicted molar refractivity (Wildman–Crippen MR) is 150 cm³/mol. The Kier molecular flexibility index (Phi) is 8.31. The van der Waals surface area contributed by atoms with Crippen LogP contribution in [0.25, 0.3) is 11.1 Å². The number of aryl methyl sites for hydroxylation is 1. The van der Waals surface area contributed by atoms with Crippen molar-refractivity contribution in [1.29, 1.82) is 0 Å². The number of alkyl halides is 3. The maximum absolute atomic E-state index is 13.8. The van der Waals surface area contributed by atoms with Gasteiger partial charge in [-0.15, -0.1) is 0 Å². The summed E-state index contributed by atoms with van der Waals surface area (Å²) < 4.78 is 89.1. The maximum Gasteiger partial charge on any atom is 0.417 e. The lowest BCUT2D eigenvalue weighted by atomic mass is 9.74. The Balaban J connectivity index is 1.48. The molecule has 0 radical (unpaired) electrons. The van der Waals surface area contributed by atoms with E-state index >= 15 is 0 Å². The molecule has 3 aromatic rings. The van der Waals surface area contributed by atoms with E-state index < -0.39 is 32.5 Å². The van der Waals surface area contributed by atoms with Gasteiger partial charge in [-0.2, -0.15) is 17.5 Å². The molecule has 2 fully saturated rings. The molecule has 2 saturated heterocycles. The summed E-state index contributed by atoms with van der Waals surface area (Å²) in [6.45, 7) is 5.47. The first-order valence-corrected chi connectivity index (χ1v) is 15.2. The number of methoxy groups -OCH3 is 1. The van der Waals surface area contributed by atoms with Crippen molar-refractivity contribution in [2.75, 3.05) is 33.4 Å². The SMILES string of the molecule is COC[C@@H]1[C@@H](c2ccc(-c3cccc(C)c3C)cc2)[C@@H]2CN(S(=O)(=O)c3ccc(F)cc3C(F)(F)F)CCCCN12. The molecular weight excluding hydrogens is 556 g/mol. The Morgan fingerprint density at radius 3 is 2.37 bits per heavy atom. The Morgan fingerprint density at radius 2 is 1.68 bits per heavy atom. The Labute approximate surface area is 238 Å². The maximum atomic E-state index is 13.8. The van der Waals surface area contributed by atoms with E-state index in [-0.39, 0.29) is 37.2 Å². The van der Waals surface area contributed by atoms with Crippen LogP contribution < -0.4 is 0 Å². The number of hydrogen-bond donors (Lipinski definition) is 0. The van der Waals surface area contributed by atoms with Crippen molar-refractivity contribution < 1.29 is 30.7 Å². The average Bonchev–Trinajstić information content (AvgIpc) is 2.91. The van der Waals surface area contributed by atoms with Gasteiger partial charge in [-0.25, -0.2) is 12.8 Å². The molecule has 3 atom stereocenters. The third-order valence-corrected chi connectivity index (χ3v) is 10.5. The molecule has 0 saturated carbocycles. The number of hydrogen-bond acceptors (Lipinski definition) is 4. The van der Waals surface area contributed by atoms with E-state index in [9.17, 15) is 26.0 Å². The van der Waals surface area contributed by atoms with Crippen molar-refractivity contribution in [3.63, 3.8) is 0 Å². The number of fused-ring (bicyclic) bond motifs is 1. The smallest absolute Gasteiger partial charge is 0.383 e. The normalized spacial score (nSPS) is 22.5. The first-order chi connectivity index (χ1) is 19.4. The van der Waals surface area contributed by atoms with Crippen LogP contribution in [0.15, 0.2) is 65.6 Å². The topological polar surface area (TPSA) is 49.9 Å². The number of halogens is 4. The van der Waals surface area contributed by atoms with Crippen LogP contribution in [-0.4, -0.2) is 63.1 Å². The molecule has 0 amide bonds. The quantitative estimate of drug-likeness (QED) is 0.312. The highest BCUT2D eigenvalue weighted by Gasteiger charge is 2.51. The summed E-state index contributed by atoms with van der Waals surface area (Å²) in [7, 11) is -2.93. The zero-order chi connectivity index (χ0) is 29.5. The molecule has 2 heterocycles. The second kappa shape index (κ2) is 11.5. The fourth-order valence-electron chi connectivity index (χ4n) is 6.32. The highest BCUT2D eigenvalue weighted by atomic mass is 32.2. The van der Waals surface area contributed by atoms with Crippen LogP contribution in [-0.2, 0) is 20.9 Å². The molecule has 0 N–H and O–H groups in total. The molecule has 10 heteroatoms. The summed E-state index contributed by atoms with van der Waals surface area (Å²) in [5.74, 6) is -1.21. The second-order valence-corrected chi connectivity index (χ2v) is 12.8. The highest BCUT2D eigenvalue weighted by molar-refractivity contribution is 7.89. The molecule has 2 aliphatic rings. The lowest BCUT2D eigenvalue weighted by Crippen LogP contribution is -2.68. The van der Waals surface area contributed by atoms with E-state index in [2.05, 4.69) is 55.1 Å². The monoisotopic (exact) mass is 590 g/mol. The first-order valence-electron chi connectivity index (χ1n) is 13.7. The van der Waals surface area contributed by atoms with E-state index in [1.807, 2.05) is 6.07 Å². The van der Waals surface area contributed by atoms with Gasteiger partial charge >= 0.3 is 6.18 Å². The molecule has 41 heavy (non-hydrogen) atoms. The van der Waals surface area contributed by atoms with E-state index in [1.54, 1.807) is 7.11 Å².